The van der Waals surface area contributed by atoms with Crippen LogP contribution in [0.5, 0.6) is 0 Å². The molecule has 0 bridgehead atoms. The molecular formula is C20H18N8S. The van der Waals surface area contributed by atoms with Crippen molar-refractivity contribution in [3.63, 3.8) is 0 Å². The van der Waals surface area contributed by atoms with Crippen LogP contribution < -0.4 is 0 Å². The molecule has 0 saturated heterocycles. The molecule has 5 rings (SSSR count). The number of benzene rings is 1. The van der Waals surface area contributed by atoms with E-state index in [4.69, 9.17) is 5.41 Å². The van der Waals surface area contributed by atoms with E-state index in [-0.39, 0.29) is 0 Å². The summed E-state index contributed by atoms with van der Waals surface area (Å²) in [6.45, 7) is 1.95. The Labute approximate surface area is 170 Å². The largest absolute Gasteiger partial charge is 0.302 e. The fourth-order valence-corrected chi connectivity index (χ4v) is 4.12. The minimum Gasteiger partial charge on any atom is -0.302 e. The van der Waals surface area contributed by atoms with E-state index in [1.165, 1.54) is 11.3 Å². The van der Waals surface area contributed by atoms with Gasteiger partial charge in [0.1, 0.15) is 0 Å². The highest BCUT2D eigenvalue weighted by atomic mass is 32.1. The van der Waals surface area contributed by atoms with Crippen molar-refractivity contribution in [1.29, 1.82) is 5.41 Å². The summed E-state index contributed by atoms with van der Waals surface area (Å²) in [5.41, 5.74) is 4.65. The van der Waals surface area contributed by atoms with E-state index in [9.17, 15) is 0 Å². The Kier molecular flexibility index (Phi) is 4.17. The van der Waals surface area contributed by atoms with Gasteiger partial charge in [0.05, 0.1) is 17.4 Å². The van der Waals surface area contributed by atoms with Crippen LogP contribution in [0.2, 0.25) is 0 Å². The summed E-state index contributed by atoms with van der Waals surface area (Å²) < 4.78 is 3.53. The Bertz CT molecular complexity index is 1360. The molecule has 0 aliphatic rings. The van der Waals surface area contributed by atoms with Gasteiger partial charge in [0.25, 0.3) is 0 Å². The molecule has 0 amide bonds. The van der Waals surface area contributed by atoms with Crippen molar-refractivity contribution in [3.8, 4) is 11.1 Å². The summed E-state index contributed by atoms with van der Waals surface area (Å²) in [6.07, 6.45) is 6.95. The van der Waals surface area contributed by atoms with Gasteiger partial charge in [-0.05, 0) is 30.2 Å². The molecule has 1 N–H and O–H groups in total. The third kappa shape index (κ3) is 3.19. The molecule has 9 heteroatoms. The number of pyridine rings is 1. The Morgan fingerprint density at radius 2 is 2.03 bits per heavy atom. The quantitative estimate of drug-likeness (QED) is 0.454. The molecule has 0 atom stereocenters. The molecule has 8 nitrogen and oxygen atoms in total. The van der Waals surface area contributed by atoms with Crippen LogP contribution in [-0.2, 0) is 13.5 Å². The van der Waals surface area contributed by atoms with Crippen LogP contribution in [0.3, 0.4) is 0 Å². The summed E-state index contributed by atoms with van der Waals surface area (Å²) >= 11 is 1.40. The van der Waals surface area contributed by atoms with Gasteiger partial charge >= 0.3 is 0 Å². The first kappa shape index (κ1) is 17.6. The highest BCUT2D eigenvalue weighted by Crippen LogP contribution is 2.24. The lowest BCUT2D eigenvalue weighted by molar-refractivity contribution is 0.768. The van der Waals surface area contributed by atoms with Crippen molar-refractivity contribution >= 4 is 32.9 Å². The average Bonchev–Trinajstić information content (AvgIpc) is 3.44. The molecule has 0 radical (unpaired) electrons. The summed E-state index contributed by atoms with van der Waals surface area (Å²) in [5, 5.41) is 27.0. The zero-order valence-corrected chi connectivity index (χ0v) is 16.8. The van der Waals surface area contributed by atoms with Gasteiger partial charge in [-0.25, -0.2) is 0 Å². The normalized spacial score (nSPS) is 11.5. The fourth-order valence-electron chi connectivity index (χ4n) is 3.24. The van der Waals surface area contributed by atoms with E-state index in [1.54, 1.807) is 9.20 Å². The molecule has 0 fully saturated rings. The molecular weight excluding hydrogens is 384 g/mol. The fraction of sp³-hybridized carbons (Fsp3) is 0.200. The number of hydrogen-bond donors (Lipinski definition) is 1. The maximum absolute atomic E-state index is 8.00. The number of nitrogens with one attached hydrogen (secondary N) is 1. The first-order chi connectivity index (χ1) is 14.1. The summed E-state index contributed by atoms with van der Waals surface area (Å²) in [7, 11) is 1.90. The van der Waals surface area contributed by atoms with Gasteiger partial charge in [-0.2, -0.15) is 14.7 Å². The van der Waals surface area contributed by atoms with Gasteiger partial charge in [0.2, 0.25) is 4.96 Å². The molecule has 0 saturated carbocycles. The predicted molar refractivity (Wildman–Crippen MR) is 113 cm³/mol. The minimum absolute atomic E-state index is 0.520. The van der Waals surface area contributed by atoms with Crippen LogP contribution in [0.15, 0.2) is 42.9 Å². The topological polar surface area (TPSA) is 97.6 Å². The van der Waals surface area contributed by atoms with Crippen LogP contribution in [-0.4, -0.2) is 40.3 Å². The standard InChI is InChI=1S/C20H18N8S/c1-3-16(21)19-26-28-18(24-25-20(28)29-19)7-12-4-5-17-13(6-12)8-14(9-22-17)15-10-23-27(2)11-15/h4-6,8-11,21H,3,7H2,1-2H3. The van der Waals surface area contributed by atoms with Crippen molar-refractivity contribution in [1.82, 2.24) is 34.6 Å². The number of aryl methyl sites for hydroxylation is 1. The second-order valence-corrected chi connectivity index (χ2v) is 7.84. The Morgan fingerprint density at radius 3 is 2.83 bits per heavy atom. The zero-order chi connectivity index (χ0) is 20.0. The summed E-state index contributed by atoms with van der Waals surface area (Å²) in [5.74, 6) is 0.766. The van der Waals surface area contributed by atoms with E-state index in [1.807, 2.05) is 38.6 Å². The number of rotatable bonds is 5. The molecule has 0 aliphatic heterocycles. The Hall–Kier alpha value is -3.46. The minimum atomic E-state index is 0.520. The van der Waals surface area contributed by atoms with E-state index in [2.05, 4.69) is 43.6 Å². The van der Waals surface area contributed by atoms with Gasteiger partial charge in [-0.3, -0.25) is 9.67 Å². The van der Waals surface area contributed by atoms with Gasteiger partial charge in [-0.1, -0.05) is 24.3 Å². The van der Waals surface area contributed by atoms with Crippen molar-refractivity contribution in [2.45, 2.75) is 19.8 Å². The number of hydrogen-bond acceptors (Lipinski definition) is 7. The highest BCUT2D eigenvalue weighted by Gasteiger charge is 2.14. The second kappa shape index (κ2) is 6.85. The molecule has 144 valence electrons. The van der Waals surface area contributed by atoms with Crippen LogP contribution in [0, 0.1) is 5.41 Å². The number of fused-ring (bicyclic) bond motifs is 2. The van der Waals surface area contributed by atoms with E-state index >= 15 is 0 Å². The predicted octanol–water partition coefficient (Wildman–Crippen LogP) is 3.50. The molecule has 0 unspecified atom stereocenters. The summed E-state index contributed by atoms with van der Waals surface area (Å²) in [4.78, 5) is 5.30. The van der Waals surface area contributed by atoms with Crippen LogP contribution in [0.1, 0.15) is 29.7 Å². The van der Waals surface area contributed by atoms with Crippen LogP contribution >= 0.6 is 11.3 Å². The molecule has 4 heterocycles. The lowest BCUT2D eigenvalue weighted by atomic mass is 10.0. The van der Waals surface area contributed by atoms with Crippen LogP contribution in [0.4, 0.5) is 0 Å². The van der Waals surface area contributed by atoms with Crippen molar-refractivity contribution in [3.05, 3.63) is 59.3 Å². The van der Waals surface area contributed by atoms with Crippen molar-refractivity contribution in [2.75, 3.05) is 0 Å². The summed E-state index contributed by atoms with van der Waals surface area (Å²) in [6, 6.07) is 8.34. The third-order valence-corrected chi connectivity index (χ3v) is 5.77. The second-order valence-electron chi connectivity index (χ2n) is 6.88. The van der Waals surface area contributed by atoms with Gasteiger partial charge < -0.3 is 5.41 Å². The maximum atomic E-state index is 8.00. The van der Waals surface area contributed by atoms with Crippen molar-refractivity contribution in [2.24, 2.45) is 7.05 Å². The molecule has 4 aromatic heterocycles. The molecule has 1 aromatic carbocycles. The van der Waals surface area contributed by atoms with Gasteiger partial charge in [0.15, 0.2) is 10.8 Å². The maximum Gasteiger partial charge on any atom is 0.235 e. The van der Waals surface area contributed by atoms with E-state index in [0.717, 1.165) is 38.4 Å². The first-order valence-corrected chi connectivity index (χ1v) is 10.1. The van der Waals surface area contributed by atoms with E-state index in [0.29, 0.717) is 23.6 Å². The van der Waals surface area contributed by atoms with Gasteiger partial charge in [0, 0.05) is 42.4 Å². The lowest BCUT2D eigenvalue weighted by Gasteiger charge is -2.04. The zero-order valence-electron chi connectivity index (χ0n) is 16.0. The SMILES string of the molecule is CCC(=N)c1nn2c(Cc3ccc4ncc(-c5cnn(C)c5)cc4c3)nnc2s1. The van der Waals surface area contributed by atoms with Gasteiger partial charge in [-0.15, -0.1) is 10.2 Å². The Morgan fingerprint density at radius 1 is 1.14 bits per heavy atom. The molecule has 5 aromatic rings. The average molecular weight is 402 g/mol. The molecule has 0 spiro atoms. The van der Waals surface area contributed by atoms with E-state index < -0.39 is 0 Å². The monoisotopic (exact) mass is 402 g/mol. The molecule has 0 aliphatic carbocycles. The number of aromatic nitrogens is 7. The molecule has 29 heavy (non-hydrogen) atoms. The third-order valence-electron chi connectivity index (χ3n) is 4.81. The van der Waals surface area contributed by atoms with Crippen LogP contribution in [0.25, 0.3) is 27.0 Å². The Balaban J connectivity index is 1.49. The number of nitrogens with zero attached hydrogens (tertiary/aromatic N) is 7. The lowest BCUT2D eigenvalue weighted by Crippen LogP contribution is -2.01. The first-order valence-electron chi connectivity index (χ1n) is 9.27. The highest BCUT2D eigenvalue weighted by molar-refractivity contribution is 7.18. The van der Waals surface area contributed by atoms with Crippen molar-refractivity contribution < 1.29 is 0 Å². The smallest absolute Gasteiger partial charge is 0.235 e.